The number of carbonyl (C=O) groups is 1. The van der Waals surface area contributed by atoms with Crippen LogP contribution in [-0.4, -0.2) is 16.7 Å². The van der Waals surface area contributed by atoms with Crippen molar-refractivity contribution in [2.45, 2.75) is 13.5 Å². The van der Waals surface area contributed by atoms with E-state index < -0.39 is 0 Å². The van der Waals surface area contributed by atoms with Gasteiger partial charge in [-0.15, -0.1) is 0 Å². The minimum Gasteiger partial charge on any atom is -0.341 e. The van der Waals surface area contributed by atoms with Gasteiger partial charge in [0, 0.05) is 38.4 Å². The summed E-state index contributed by atoms with van der Waals surface area (Å²) in [5.41, 5.74) is 6.51. The Morgan fingerprint density at radius 2 is 1.85 bits per heavy atom. The zero-order valence-electron chi connectivity index (χ0n) is 14.8. The van der Waals surface area contributed by atoms with Crippen LogP contribution in [0.5, 0.6) is 0 Å². The lowest BCUT2D eigenvalue weighted by molar-refractivity contribution is 0.0955. The van der Waals surface area contributed by atoms with Crippen molar-refractivity contribution in [2.75, 3.05) is 0 Å². The third-order valence-electron chi connectivity index (χ3n) is 4.58. The van der Waals surface area contributed by atoms with Crippen molar-refractivity contribution < 1.29 is 4.79 Å². The summed E-state index contributed by atoms with van der Waals surface area (Å²) in [5, 5.41) is 6.53. The summed E-state index contributed by atoms with van der Waals surface area (Å²) >= 11 is 3.37. The molecule has 0 aliphatic rings. The topological polar surface area (TPSA) is 46.4 Å². The molecule has 4 aromatic rings. The van der Waals surface area contributed by atoms with Gasteiger partial charge in [-0.1, -0.05) is 46.3 Å². The smallest absolute Gasteiger partial charge is 0.271 e. The van der Waals surface area contributed by atoms with Crippen LogP contribution in [0, 0.1) is 0 Å². The predicted octanol–water partition coefficient (Wildman–Crippen LogP) is 5.34. The van der Waals surface area contributed by atoms with Gasteiger partial charge in [0.15, 0.2) is 0 Å². The van der Waals surface area contributed by atoms with E-state index in [1.807, 2.05) is 18.2 Å². The lowest BCUT2D eigenvalue weighted by Gasteiger charge is -2.03. The average molecular weight is 420 g/mol. The molecule has 0 aliphatic carbocycles. The van der Waals surface area contributed by atoms with Crippen molar-refractivity contribution in [3.8, 4) is 0 Å². The molecule has 134 valence electrons. The van der Waals surface area contributed by atoms with Crippen LogP contribution >= 0.6 is 15.9 Å². The van der Waals surface area contributed by atoms with Gasteiger partial charge >= 0.3 is 0 Å². The van der Waals surface area contributed by atoms with Gasteiger partial charge in [-0.3, -0.25) is 4.79 Å². The van der Waals surface area contributed by atoms with Gasteiger partial charge in [0.05, 0.1) is 6.21 Å². The van der Waals surface area contributed by atoms with Gasteiger partial charge in [0.1, 0.15) is 0 Å². The highest BCUT2D eigenvalue weighted by molar-refractivity contribution is 9.10. The fraction of sp³-hybridized carbons (Fsp3) is 0.0909. The van der Waals surface area contributed by atoms with Crippen molar-refractivity contribution in [1.29, 1.82) is 0 Å². The van der Waals surface area contributed by atoms with Crippen LogP contribution in [0.1, 0.15) is 22.8 Å². The number of rotatable bonds is 4. The van der Waals surface area contributed by atoms with E-state index in [-0.39, 0.29) is 5.91 Å². The fourth-order valence-corrected chi connectivity index (χ4v) is 3.75. The summed E-state index contributed by atoms with van der Waals surface area (Å²) < 4.78 is 3.16. The first-order valence-corrected chi connectivity index (χ1v) is 9.56. The molecular formula is C22H18BrN3O. The highest BCUT2D eigenvalue weighted by Crippen LogP contribution is 2.29. The molecule has 4 nitrogen and oxygen atoms in total. The maximum Gasteiger partial charge on any atom is 0.271 e. The van der Waals surface area contributed by atoms with Gasteiger partial charge in [-0.25, -0.2) is 5.43 Å². The molecule has 1 heterocycles. The first-order valence-electron chi connectivity index (χ1n) is 8.77. The zero-order valence-corrected chi connectivity index (χ0v) is 16.4. The number of carbonyl (C=O) groups excluding carboxylic acids is 1. The van der Waals surface area contributed by atoms with E-state index in [0.29, 0.717) is 5.56 Å². The highest BCUT2D eigenvalue weighted by Gasteiger charge is 2.09. The Hall–Kier alpha value is -2.92. The number of benzene rings is 3. The Balaban J connectivity index is 1.62. The van der Waals surface area contributed by atoms with E-state index in [4.69, 9.17) is 0 Å². The molecule has 1 N–H and O–H groups in total. The first kappa shape index (κ1) is 17.5. The molecule has 27 heavy (non-hydrogen) atoms. The van der Waals surface area contributed by atoms with Crippen LogP contribution in [0.25, 0.3) is 21.8 Å². The molecule has 1 aromatic heterocycles. The molecule has 0 atom stereocenters. The van der Waals surface area contributed by atoms with E-state index in [9.17, 15) is 4.79 Å². The number of fused-ring (bicyclic) bond motifs is 3. The number of nitrogens with zero attached hydrogens (tertiary/aromatic N) is 2. The number of hydrogen-bond acceptors (Lipinski definition) is 2. The van der Waals surface area contributed by atoms with Crippen molar-refractivity contribution in [3.05, 3.63) is 82.3 Å². The molecule has 0 unspecified atom stereocenters. The molecule has 0 aliphatic heterocycles. The second-order valence-electron chi connectivity index (χ2n) is 6.25. The molecule has 0 bridgehead atoms. The third-order valence-corrected chi connectivity index (χ3v) is 5.07. The Kier molecular flexibility index (Phi) is 4.77. The van der Waals surface area contributed by atoms with Crippen LogP contribution in [0.2, 0.25) is 0 Å². The van der Waals surface area contributed by atoms with Crippen molar-refractivity contribution in [2.24, 2.45) is 5.10 Å². The molecule has 3 aromatic carbocycles. The Morgan fingerprint density at radius 1 is 1.04 bits per heavy atom. The maximum atomic E-state index is 12.2. The second-order valence-corrected chi connectivity index (χ2v) is 7.16. The molecular weight excluding hydrogens is 402 g/mol. The van der Waals surface area contributed by atoms with Crippen LogP contribution in [0.3, 0.4) is 0 Å². The normalized spacial score (nSPS) is 11.5. The molecule has 0 saturated heterocycles. The Morgan fingerprint density at radius 3 is 2.67 bits per heavy atom. The molecule has 0 fully saturated rings. The fourth-order valence-electron chi connectivity index (χ4n) is 3.35. The monoisotopic (exact) mass is 419 g/mol. The van der Waals surface area contributed by atoms with Gasteiger partial charge in [0.2, 0.25) is 0 Å². The van der Waals surface area contributed by atoms with Crippen molar-refractivity contribution >= 4 is 49.9 Å². The summed E-state index contributed by atoms with van der Waals surface area (Å²) in [5.74, 6) is -0.240. The van der Waals surface area contributed by atoms with Crippen LogP contribution in [-0.2, 0) is 6.54 Å². The summed E-state index contributed by atoms with van der Waals surface area (Å²) in [6.07, 6.45) is 1.67. The number of amides is 1. The van der Waals surface area contributed by atoms with Gasteiger partial charge < -0.3 is 4.57 Å². The number of para-hydroxylation sites is 1. The molecule has 0 spiro atoms. The molecule has 4 rings (SSSR count). The number of hydrazone groups is 1. The van der Waals surface area contributed by atoms with Crippen LogP contribution in [0.4, 0.5) is 0 Å². The first-order chi connectivity index (χ1) is 13.2. The summed E-state index contributed by atoms with van der Waals surface area (Å²) in [4.78, 5) is 12.2. The minimum atomic E-state index is -0.240. The summed E-state index contributed by atoms with van der Waals surface area (Å²) in [7, 11) is 0. The van der Waals surface area contributed by atoms with E-state index in [0.717, 1.165) is 16.6 Å². The van der Waals surface area contributed by atoms with Gasteiger partial charge in [-0.05, 0) is 48.9 Å². The zero-order chi connectivity index (χ0) is 18.8. The van der Waals surface area contributed by atoms with Crippen LogP contribution < -0.4 is 5.43 Å². The number of aryl methyl sites for hydroxylation is 1. The van der Waals surface area contributed by atoms with Crippen LogP contribution in [0.15, 0.2) is 76.3 Å². The van der Waals surface area contributed by atoms with Crippen molar-refractivity contribution in [1.82, 2.24) is 9.99 Å². The highest BCUT2D eigenvalue weighted by atomic mass is 79.9. The van der Waals surface area contributed by atoms with E-state index in [1.54, 1.807) is 18.3 Å². The van der Waals surface area contributed by atoms with E-state index in [1.165, 1.54) is 21.8 Å². The standard InChI is InChI=1S/C22H18BrN3O/c1-2-26-20-9-4-3-8-18(20)19-12-15(10-11-21(19)26)14-24-25-22(27)16-6-5-7-17(23)13-16/h3-14H,2H2,1H3,(H,25,27)/b24-14-. The minimum absolute atomic E-state index is 0.240. The lowest BCUT2D eigenvalue weighted by Crippen LogP contribution is -2.17. The van der Waals surface area contributed by atoms with Gasteiger partial charge in [-0.2, -0.15) is 5.10 Å². The maximum absolute atomic E-state index is 12.2. The number of hydrogen-bond donors (Lipinski definition) is 1. The van der Waals surface area contributed by atoms with E-state index in [2.05, 4.69) is 74.3 Å². The van der Waals surface area contributed by atoms with E-state index >= 15 is 0 Å². The number of aromatic nitrogens is 1. The SMILES string of the molecule is CCn1c2ccccc2c2cc(/C=N\NC(=O)c3cccc(Br)c3)ccc21. The largest absolute Gasteiger partial charge is 0.341 e. The average Bonchev–Trinajstić information content (AvgIpc) is 3.01. The lowest BCUT2D eigenvalue weighted by atomic mass is 10.1. The second kappa shape index (κ2) is 7.37. The summed E-state index contributed by atoms with van der Waals surface area (Å²) in [6.45, 7) is 3.07. The molecule has 0 saturated carbocycles. The summed E-state index contributed by atoms with van der Waals surface area (Å²) in [6, 6.07) is 21.8. The van der Waals surface area contributed by atoms with Gasteiger partial charge in [0.25, 0.3) is 5.91 Å². The molecule has 0 radical (unpaired) electrons. The number of nitrogens with one attached hydrogen (secondary N) is 1. The molecule has 1 amide bonds. The Labute approximate surface area is 165 Å². The predicted molar refractivity (Wildman–Crippen MR) is 114 cm³/mol. The Bertz CT molecular complexity index is 1180. The quantitative estimate of drug-likeness (QED) is 0.352. The molecule has 5 heteroatoms. The van der Waals surface area contributed by atoms with Crippen molar-refractivity contribution in [3.63, 3.8) is 0 Å². The third kappa shape index (κ3) is 3.38. The number of halogens is 1.